The number of benzene rings is 1. The van der Waals surface area contributed by atoms with Gasteiger partial charge in [-0.25, -0.2) is 4.79 Å². The maximum absolute atomic E-state index is 12.1. The smallest absolute Gasteiger partial charge is 0.321 e. The molecule has 3 nitrogen and oxygen atoms in total. The summed E-state index contributed by atoms with van der Waals surface area (Å²) < 4.78 is 0. The van der Waals surface area contributed by atoms with Crippen LogP contribution in [0.15, 0.2) is 18.2 Å². The molecule has 0 aliphatic heterocycles. The third-order valence-electron chi connectivity index (χ3n) is 2.65. The second kappa shape index (κ2) is 7.49. The van der Waals surface area contributed by atoms with Crippen molar-refractivity contribution >= 4 is 34.9 Å². The lowest BCUT2D eigenvalue weighted by molar-refractivity contribution is 0.213. The van der Waals surface area contributed by atoms with E-state index in [-0.39, 0.29) is 6.03 Å². The van der Waals surface area contributed by atoms with Crippen LogP contribution in [-0.4, -0.2) is 24.0 Å². The first-order chi connectivity index (χ1) is 8.60. The van der Waals surface area contributed by atoms with E-state index in [0.29, 0.717) is 22.3 Å². The molecule has 0 spiro atoms. The molecule has 1 rings (SSSR count). The van der Waals surface area contributed by atoms with Gasteiger partial charge in [-0.1, -0.05) is 42.6 Å². The highest BCUT2D eigenvalue weighted by Crippen LogP contribution is 2.29. The SMILES string of the molecule is CCCCN(CC)C(=O)Nc1c(Cl)cccc1Cl. The maximum atomic E-state index is 12.1. The van der Waals surface area contributed by atoms with Gasteiger partial charge < -0.3 is 10.2 Å². The van der Waals surface area contributed by atoms with E-state index < -0.39 is 0 Å². The van der Waals surface area contributed by atoms with Crippen molar-refractivity contribution in [3.8, 4) is 0 Å². The zero-order valence-electron chi connectivity index (χ0n) is 10.7. The Labute approximate surface area is 118 Å². The van der Waals surface area contributed by atoms with Gasteiger partial charge in [-0.15, -0.1) is 0 Å². The molecule has 0 aliphatic rings. The van der Waals surface area contributed by atoms with Crippen molar-refractivity contribution in [3.63, 3.8) is 0 Å². The number of nitrogens with zero attached hydrogens (tertiary/aromatic N) is 1. The highest BCUT2D eigenvalue weighted by Gasteiger charge is 2.14. The molecular formula is C13H18Cl2N2O. The van der Waals surface area contributed by atoms with Crippen LogP contribution >= 0.6 is 23.2 Å². The molecule has 1 aromatic rings. The summed E-state index contributed by atoms with van der Waals surface area (Å²) in [5.74, 6) is 0. The number of unbranched alkanes of at least 4 members (excludes halogenated alkanes) is 1. The molecule has 1 N–H and O–H groups in total. The van der Waals surface area contributed by atoms with Gasteiger partial charge in [0.05, 0.1) is 15.7 Å². The molecule has 100 valence electrons. The van der Waals surface area contributed by atoms with Crippen LogP contribution in [0.3, 0.4) is 0 Å². The van der Waals surface area contributed by atoms with Crippen LogP contribution in [0.1, 0.15) is 26.7 Å². The van der Waals surface area contributed by atoms with Gasteiger partial charge in [0.2, 0.25) is 0 Å². The Morgan fingerprint density at radius 2 is 1.89 bits per heavy atom. The van der Waals surface area contributed by atoms with Crippen LogP contribution in [0.4, 0.5) is 10.5 Å². The van der Waals surface area contributed by atoms with E-state index in [1.807, 2.05) is 6.92 Å². The minimum atomic E-state index is -0.166. The standard InChI is InChI=1S/C13H18Cl2N2O/c1-3-5-9-17(4-2)13(18)16-12-10(14)7-6-8-11(12)15/h6-8H,3-5,9H2,1-2H3,(H,16,18). The molecule has 0 bridgehead atoms. The molecule has 0 saturated heterocycles. The molecule has 0 heterocycles. The topological polar surface area (TPSA) is 32.3 Å². The Balaban J connectivity index is 2.73. The summed E-state index contributed by atoms with van der Waals surface area (Å²) in [5, 5.41) is 3.65. The molecule has 0 aliphatic carbocycles. The number of hydrogen-bond donors (Lipinski definition) is 1. The van der Waals surface area contributed by atoms with Gasteiger partial charge in [0.25, 0.3) is 0 Å². The van der Waals surface area contributed by atoms with Crippen molar-refractivity contribution in [1.82, 2.24) is 4.90 Å². The Morgan fingerprint density at radius 3 is 2.39 bits per heavy atom. The fourth-order valence-corrected chi connectivity index (χ4v) is 2.05. The van der Waals surface area contributed by atoms with E-state index in [1.165, 1.54) is 0 Å². The van der Waals surface area contributed by atoms with Gasteiger partial charge in [-0.2, -0.15) is 0 Å². The molecule has 2 amide bonds. The fourth-order valence-electron chi connectivity index (χ4n) is 1.56. The Kier molecular flexibility index (Phi) is 6.30. The predicted octanol–water partition coefficient (Wildman–Crippen LogP) is 4.65. The van der Waals surface area contributed by atoms with Crippen LogP contribution in [0.2, 0.25) is 10.0 Å². The van der Waals surface area contributed by atoms with Crippen LogP contribution in [0.25, 0.3) is 0 Å². The first-order valence-electron chi connectivity index (χ1n) is 6.10. The Bertz CT molecular complexity index is 390. The number of carbonyl (C=O) groups excluding carboxylic acids is 1. The third kappa shape index (κ3) is 4.07. The summed E-state index contributed by atoms with van der Waals surface area (Å²) in [6.45, 7) is 5.44. The first kappa shape index (κ1) is 15.1. The quantitative estimate of drug-likeness (QED) is 0.841. The minimum absolute atomic E-state index is 0.166. The number of carbonyl (C=O) groups is 1. The first-order valence-corrected chi connectivity index (χ1v) is 6.85. The van der Waals surface area contributed by atoms with E-state index >= 15 is 0 Å². The second-order valence-electron chi connectivity index (χ2n) is 3.96. The largest absolute Gasteiger partial charge is 0.325 e. The van der Waals surface area contributed by atoms with Crippen molar-refractivity contribution in [2.45, 2.75) is 26.7 Å². The second-order valence-corrected chi connectivity index (χ2v) is 4.77. The Hall–Kier alpha value is -0.930. The van der Waals surface area contributed by atoms with Crippen molar-refractivity contribution < 1.29 is 4.79 Å². The van der Waals surface area contributed by atoms with Crippen LogP contribution < -0.4 is 5.32 Å². The van der Waals surface area contributed by atoms with Gasteiger partial charge >= 0.3 is 6.03 Å². The average molecular weight is 289 g/mol. The molecule has 18 heavy (non-hydrogen) atoms. The zero-order chi connectivity index (χ0) is 13.5. The highest BCUT2D eigenvalue weighted by molar-refractivity contribution is 6.39. The number of halogens is 2. The lowest BCUT2D eigenvalue weighted by atomic mass is 10.3. The van der Waals surface area contributed by atoms with Crippen LogP contribution in [-0.2, 0) is 0 Å². The number of urea groups is 1. The van der Waals surface area contributed by atoms with E-state index in [1.54, 1.807) is 23.1 Å². The van der Waals surface area contributed by atoms with E-state index in [4.69, 9.17) is 23.2 Å². The molecule has 0 atom stereocenters. The molecule has 0 aromatic heterocycles. The van der Waals surface area contributed by atoms with Gasteiger partial charge in [0.1, 0.15) is 0 Å². The number of hydrogen-bond acceptors (Lipinski definition) is 1. The number of rotatable bonds is 5. The molecule has 0 unspecified atom stereocenters. The molecule has 0 fully saturated rings. The van der Waals surface area contributed by atoms with E-state index in [0.717, 1.165) is 19.4 Å². The van der Waals surface area contributed by atoms with Crippen LogP contribution in [0, 0.1) is 0 Å². The summed E-state index contributed by atoms with van der Waals surface area (Å²) in [4.78, 5) is 13.8. The third-order valence-corrected chi connectivity index (χ3v) is 3.28. The monoisotopic (exact) mass is 288 g/mol. The Morgan fingerprint density at radius 1 is 1.28 bits per heavy atom. The molecule has 0 radical (unpaired) electrons. The summed E-state index contributed by atoms with van der Waals surface area (Å²) in [6, 6.07) is 4.98. The fraction of sp³-hybridized carbons (Fsp3) is 0.462. The summed E-state index contributed by atoms with van der Waals surface area (Å²) in [5.41, 5.74) is 0.473. The number of nitrogens with one attached hydrogen (secondary N) is 1. The predicted molar refractivity (Wildman–Crippen MR) is 77.6 cm³/mol. The van der Waals surface area contributed by atoms with Crippen molar-refractivity contribution in [3.05, 3.63) is 28.2 Å². The van der Waals surface area contributed by atoms with Gasteiger partial charge in [0, 0.05) is 13.1 Å². The van der Waals surface area contributed by atoms with Gasteiger partial charge in [0.15, 0.2) is 0 Å². The van der Waals surface area contributed by atoms with Crippen molar-refractivity contribution in [1.29, 1.82) is 0 Å². The number of para-hydroxylation sites is 1. The summed E-state index contributed by atoms with van der Waals surface area (Å²) >= 11 is 12.0. The zero-order valence-corrected chi connectivity index (χ0v) is 12.2. The maximum Gasteiger partial charge on any atom is 0.321 e. The van der Waals surface area contributed by atoms with E-state index in [2.05, 4.69) is 12.2 Å². The lowest BCUT2D eigenvalue weighted by Gasteiger charge is -2.21. The summed E-state index contributed by atoms with van der Waals surface area (Å²) in [7, 11) is 0. The van der Waals surface area contributed by atoms with Gasteiger partial charge in [-0.3, -0.25) is 0 Å². The van der Waals surface area contributed by atoms with Crippen molar-refractivity contribution in [2.24, 2.45) is 0 Å². The highest BCUT2D eigenvalue weighted by atomic mass is 35.5. The van der Waals surface area contributed by atoms with Gasteiger partial charge in [-0.05, 0) is 25.5 Å². The van der Waals surface area contributed by atoms with Crippen molar-refractivity contribution in [2.75, 3.05) is 18.4 Å². The number of anilines is 1. The van der Waals surface area contributed by atoms with E-state index in [9.17, 15) is 4.79 Å². The molecular weight excluding hydrogens is 271 g/mol. The average Bonchev–Trinajstić information content (AvgIpc) is 2.35. The summed E-state index contributed by atoms with van der Waals surface area (Å²) in [6.07, 6.45) is 2.04. The molecule has 1 aromatic carbocycles. The minimum Gasteiger partial charge on any atom is -0.325 e. The number of amides is 2. The lowest BCUT2D eigenvalue weighted by Crippen LogP contribution is -2.35. The van der Waals surface area contributed by atoms with Crippen LogP contribution in [0.5, 0.6) is 0 Å². The molecule has 0 saturated carbocycles. The normalized spacial score (nSPS) is 10.2. The molecule has 5 heteroatoms.